The lowest BCUT2D eigenvalue weighted by Crippen LogP contribution is -2.60. The number of piperidine rings is 1. The van der Waals surface area contributed by atoms with Crippen LogP contribution in [0.15, 0.2) is 30.3 Å². The van der Waals surface area contributed by atoms with Gasteiger partial charge in [-0.05, 0) is 25.3 Å². The summed E-state index contributed by atoms with van der Waals surface area (Å²) in [5.41, 5.74) is 0.909. The molecule has 2 atom stereocenters. The van der Waals surface area contributed by atoms with E-state index in [0.29, 0.717) is 13.0 Å². The maximum Gasteiger partial charge on any atom is 0.225 e. The summed E-state index contributed by atoms with van der Waals surface area (Å²) in [6, 6.07) is 10.3. The molecule has 4 heteroatoms. The molecule has 23 heavy (non-hydrogen) atoms. The van der Waals surface area contributed by atoms with Crippen molar-refractivity contribution in [2.45, 2.75) is 58.2 Å². The standard InChI is InChI=1S/C19H26N2O2/c1-14(2)18(23)20-12-11-19(3)16(20)9-10-17(22)21(19)13-15-7-5-4-6-8-15/h4-8,14,16H,9-13H2,1-3H3/t16-,19-/m0/s1. The number of fused-ring (bicyclic) bond motifs is 1. The van der Waals surface area contributed by atoms with Crippen LogP contribution >= 0.6 is 0 Å². The Kier molecular flexibility index (Phi) is 4.17. The lowest BCUT2D eigenvalue weighted by molar-refractivity contribution is -0.149. The number of amides is 2. The number of carbonyl (C=O) groups is 2. The van der Waals surface area contributed by atoms with Gasteiger partial charge in [0.05, 0.1) is 11.6 Å². The average Bonchev–Trinajstić information content (AvgIpc) is 2.88. The van der Waals surface area contributed by atoms with Crippen molar-refractivity contribution in [3.8, 4) is 0 Å². The van der Waals surface area contributed by atoms with Crippen molar-refractivity contribution in [2.24, 2.45) is 5.92 Å². The van der Waals surface area contributed by atoms with Crippen LogP contribution in [0.2, 0.25) is 0 Å². The number of hydrogen-bond acceptors (Lipinski definition) is 2. The van der Waals surface area contributed by atoms with Crippen molar-refractivity contribution in [3.05, 3.63) is 35.9 Å². The second kappa shape index (κ2) is 5.99. The molecule has 2 saturated heterocycles. The van der Waals surface area contributed by atoms with Crippen LogP contribution < -0.4 is 0 Å². The number of likely N-dealkylation sites (tertiary alicyclic amines) is 2. The first-order valence-electron chi connectivity index (χ1n) is 8.58. The molecule has 0 saturated carbocycles. The van der Waals surface area contributed by atoms with Gasteiger partial charge in [-0.25, -0.2) is 0 Å². The van der Waals surface area contributed by atoms with Crippen LogP contribution in [0.5, 0.6) is 0 Å². The summed E-state index contributed by atoms with van der Waals surface area (Å²) in [5, 5.41) is 0. The van der Waals surface area contributed by atoms with Crippen LogP contribution in [0, 0.1) is 5.92 Å². The number of rotatable bonds is 3. The summed E-state index contributed by atoms with van der Waals surface area (Å²) in [4.78, 5) is 29.1. The van der Waals surface area contributed by atoms with Gasteiger partial charge in [0.2, 0.25) is 11.8 Å². The van der Waals surface area contributed by atoms with Gasteiger partial charge in [-0.2, -0.15) is 0 Å². The zero-order chi connectivity index (χ0) is 16.6. The molecule has 0 aliphatic carbocycles. The maximum absolute atomic E-state index is 12.6. The van der Waals surface area contributed by atoms with Gasteiger partial charge in [-0.1, -0.05) is 44.2 Å². The summed E-state index contributed by atoms with van der Waals surface area (Å²) in [5.74, 6) is 0.441. The highest BCUT2D eigenvalue weighted by Gasteiger charge is 2.53. The van der Waals surface area contributed by atoms with E-state index in [1.165, 1.54) is 0 Å². The average molecular weight is 314 g/mol. The van der Waals surface area contributed by atoms with E-state index >= 15 is 0 Å². The van der Waals surface area contributed by atoms with Crippen molar-refractivity contribution in [2.75, 3.05) is 6.54 Å². The molecule has 1 aromatic rings. The molecule has 2 aliphatic rings. The van der Waals surface area contributed by atoms with Gasteiger partial charge in [-0.15, -0.1) is 0 Å². The van der Waals surface area contributed by atoms with E-state index in [0.717, 1.165) is 24.9 Å². The molecule has 2 aliphatic heterocycles. The van der Waals surface area contributed by atoms with Crippen LogP contribution in [0.4, 0.5) is 0 Å². The zero-order valence-electron chi connectivity index (χ0n) is 14.3. The van der Waals surface area contributed by atoms with E-state index in [1.54, 1.807) is 0 Å². The first-order valence-corrected chi connectivity index (χ1v) is 8.58. The molecule has 2 amide bonds. The van der Waals surface area contributed by atoms with Gasteiger partial charge >= 0.3 is 0 Å². The highest BCUT2D eigenvalue weighted by molar-refractivity contribution is 5.82. The van der Waals surface area contributed by atoms with E-state index in [4.69, 9.17) is 0 Å². The summed E-state index contributed by atoms with van der Waals surface area (Å²) < 4.78 is 0. The van der Waals surface area contributed by atoms with Gasteiger partial charge < -0.3 is 9.80 Å². The van der Waals surface area contributed by atoms with E-state index in [2.05, 4.69) is 19.1 Å². The third-order valence-electron chi connectivity index (χ3n) is 5.46. The van der Waals surface area contributed by atoms with E-state index in [-0.39, 0.29) is 29.3 Å². The lowest BCUT2D eigenvalue weighted by Gasteiger charge is -2.48. The minimum absolute atomic E-state index is 0.0116. The second-order valence-electron chi connectivity index (χ2n) is 7.31. The number of nitrogens with zero attached hydrogens (tertiary/aromatic N) is 2. The molecular formula is C19H26N2O2. The smallest absolute Gasteiger partial charge is 0.225 e. The number of benzene rings is 1. The maximum atomic E-state index is 12.6. The predicted molar refractivity (Wildman–Crippen MR) is 89.6 cm³/mol. The third-order valence-corrected chi connectivity index (χ3v) is 5.46. The molecular weight excluding hydrogens is 288 g/mol. The van der Waals surface area contributed by atoms with E-state index in [1.807, 2.05) is 41.8 Å². The summed E-state index contributed by atoms with van der Waals surface area (Å²) in [6.45, 7) is 7.46. The lowest BCUT2D eigenvalue weighted by atomic mass is 9.82. The van der Waals surface area contributed by atoms with Crippen LogP contribution in [0.25, 0.3) is 0 Å². The molecule has 2 heterocycles. The third kappa shape index (κ3) is 2.75. The molecule has 0 bridgehead atoms. The molecule has 0 aromatic heterocycles. The number of hydrogen-bond donors (Lipinski definition) is 0. The summed E-state index contributed by atoms with van der Waals surface area (Å²) in [6.07, 6.45) is 2.20. The Bertz CT molecular complexity index is 599. The largest absolute Gasteiger partial charge is 0.337 e. The fraction of sp³-hybridized carbons (Fsp3) is 0.579. The molecule has 0 unspecified atom stereocenters. The first-order chi connectivity index (χ1) is 10.9. The minimum atomic E-state index is -0.240. The quantitative estimate of drug-likeness (QED) is 0.861. The van der Waals surface area contributed by atoms with Crippen LogP contribution in [-0.2, 0) is 16.1 Å². The van der Waals surface area contributed by atoms with E-state index in [9.17, 15) is 9.59 Å². The first kappa shape index (κ1) is 16.0. The second-order valence-corrected chi connectivity index (χ2v) is 7.31. The molecule has 0 radical (unpaired) electrons. The molecule has 0 spiro atoms. The van der Waals surface area contributed by atoms with E-state index < -0.39 is 0 Å². The fourth-order valence-corrected chi connectivity index (χ4v) is 4.10. The normalized spacial score (nSPS) is 27.5. The van der Waals surface area contributed by atoms with Gasteiger partial charge in [-0.3, -0.25) is 9.59 Å². The zero-order valence-corrected chi connectivity index (χ0v) is 14.3. The predicted octanol–water partition coefficient (Wildman–Crippen LogP) is 2.82. The van der Waals surface area contributed by atoms with Crippen LogP contribution in [0.1, 0.15) is 45.6 Å². The van der Waals surface area contributed by atoms with Crippen LogP contribution in [0.3, 0.4) is 0 Å². The summed E-state index contributed by atoms with van der Waals surface area (Å²) in [7, 11) is 0. The molecule has 3 rings (SSSR count). The topological polar surface area (TPSA) is 40.6 Å². The Morgan fingerprint density at radius 2 is 2.00 bits per heavy atom. The highest BCUT2D eigenvalue weighted by atomic mass is 16.2. The van der Waals surface area contributed by atoms with Crippen molar-refractivity contribution in [3.63, 3.8) is 0 Å². The van der Waals surface area contributed by atoms with Crippen molar-refractivity contribution >= 4 is 11.8 Å². The minimum Gasteiger partial charge on any atom is -0.337 e. The monoisotopic (exact) mass is 314 g/mol. The SMILES string of the molecule is CC(C)C(=O)N1CC[C@@]2(C)[C@@H]1CCC(=O)N2Cc1ccccc1. The Balaban J connectivity index is 1.86. The van der Waals surface area contributed by atoms with Gasteiger partial charge in [0.15, 0.2) is 0 Å². The van der Waals surface area contributed by atoms with Crippen molar-refractivity contribution in [1.29, 1.82) is 0 Å². The van der Waals surface area contributed by atoms with Crippen molar-refractivity contribution in [1.82, 2.24) is 9.80 Å². The Labute approximate surface area is 138 Å². The molecule has 124 valence electrons. The Hall–Kier alpha value is -1.84. The van der Waals surface area contributed by atoms with Crippen molar-refractivity contribution < 1.29 is 9.59 Å². The number of carbonyl (C=O) groups excluding carboxylic acids is 2. The molecule has 2 fully saturated rings. The van der Waals surface area contributed by atoms with Gasteiger partial charge in [0.1, 0.15) is 0 Å². The molecule has 0 N–H and O–H groups in total. The summed E-state index contributed by atoms with van der Waals surface area (Å²) >= 11 is 0. The highest BCUT2D eigenvalue weighted by Crippen LogP contribution is 2.41. The van der Waals surface area contributed by atoms with Gasteiger partial charge in [0.25, 0.3) is 0 Å². The Morgan fingerprint density at radius 3 is 2.65 bits per heavy atom. The molecule has 4 nitrogen and oxygen atoms in total. The van der Waals surface area contributed by atoms with Gasteiger partial charge in [0, 0.05) is 25.4 Å². The fourth-order valence-electron chi connectivity index (χ4n) is 4.10. The van der Waals surface area contributed by atoms with Crippen LogP contribution in [-0.4, -0.2) is 39.7 Å². The molecule has 1 aromatic carbocycles. The Morgan fingerprint density at radius 1 is 1.30 bits per heavy atom.